The zero-order chi connectivity index (χ0) is 37.5. The summed E-state index contributed by atoms with van der Waals surface area (Å²) in [6.45, 7) is 4.43. The SMILES string of the molecule is CCC1N(C(=O)n2cncn2)CC12CN(c1nc(OC[C@@]34CCCN3C[C@H](F)C4)nc3c(F)c(-c4ccc(F)c5sc(N)c(C#N)c45)c(Cl)cc13)CCO2. The van der Waals surface area contributed by atoms with Gasteiger partial charge in [-0.25, -0.2) is 22.9 Å². The molecule has 3 aromatic heterocycles. The Morgan fingerprint density at radius 2 is 2.11 bits per heavy atom. The molecule has 4 aliphatic rings. The number of nitrogens with zero attached hydrogens (tertiary/aromatic N) is 9. The topological polar surface area (TPSA) is 152 Å². The number of morpholine rings is 1. The van der Waals surface area contributed by atoms with Gasteiger partial charge in [-0.2, -0.15) is 25.0 Å². The molecule has 9 rings (SSSR count). The third kappa shape index (κ3) is 5.29. The van der Waals surface area contributed by atoms with E-state index in [1.54, 1.807) is 11.0 Å². The number of nitriles is 1. The number of hydrogen-bond acceptors (Lipinski definition) is 12. The molecule has 0 aliphatic carbocycles. The number of alkyl halides is 1. The van der Waals surface area contributed by atoms with Crippen LogP contribution in [0.4, 0.5) is 28.8 Å². The Hall–Kier alpha value is -4.76. The lowest BCUT2D eigenvalue weighted by molar-refractivity contribution is -0.175. The van der Waals surface area contributed by atoms with E-state index < -0.39 is 28.9 Å². The van der Waals surface area contributed by atoms with Crippen LogP contribution in [0.5, 0.6) is 6.01 Å². The zero-order valence-electron chi connectivity index (χ0n) is 29.1. The van der Waals surface area contributed by atoms with Gasteiger partial charge in [0.05, 0.1) is 46.6 Å². The van der Waals surface area contributed by atoms with Crippen LogP contribution < -0.4 is 15.4 Å². The second kappa shape index (κ2) is 12.9. The number of likely N-dealkylation sites (tertiary alicyclic amines) is 1. The first kappa shape index (κ1) is 35.0. The predicted molar refractivity (Wildman–Crippen MR) is 195 cm³/mol. The predicted octanol–water partition coefficient (Wildman–Crippen LogP) is 5.78. The molecule has 4 atom stereocenters. The fourth-order valence-electron chi connectivity index (χ4n) is 9.06. The first-order chi connectivity index (χ1) is 26.1. The summed E-state index contributed by atoms with van der Waals surface area (Å²) in [6, 6.07) is 5.44. The second-order valence-corrected chi connectivity index (χ2v) is 15.9. The highest BCUT2D eigenvalue weighted by Crippen LogP contribution is 2.47. The lowest BCUT2D eigenvalue weighted by Gasteiger charge is -2.59. The van der Waals surface area contributed by atoms with Gasteiger partial charge in [0.25, 0.3) is 0 Å². The maximum Gasteiger partial charge on any atom is 0.346 e. The Kier molecular flexibility index (Phi) is 8.38. The maximum absolute atomic E-state index is 17.2. The maximum atomic E-state index is 17.2. The van der Waals surface area contributed by atoms with Gasteiger partial charge in [-0.05, 0) is 43.5 Å². The summed E-state index contributed by atoms with van der Waals surface area (Å²) in [7, 11) is 0. The fourth-order valence-corrected chi connectivity index (χ4v) is 10.3. The number of carbonyl (C=O) groups excluding carboxylic acids is 1. The van der Waals surface area contributed by atoms with E-state index in [1.165, 1.54) is 29.5 Å². The van der Waals surface area contributed by atoms with Gasteiger partial charge < -0.3 is 25.0 Å². The lowest BCUT2D eigenvalue weighted by Crippen LogP contribution is -2.77. The van der Waals surface area contributed by atoms with Crippen LogP contribution in [0.3, 0.4) is 0 Å². The quantitative estimate of drug-likeness (QED) is 0.223. The van der Waals surface area contributed by atoms with Crippen LogP contribution in [0, 0.1) is 23.0 Å². The number of anilines is 2. The summed E-state index contributed by atoms with van der Waals surface area (Å²) in [4.78, 5) is 32.4. The smallest absolute Gasteiger partial charge is 0.346 e. The molecule has 0 radical (unpaired) electrons. The van der Waals surface area contributed by atoms with Crippen LogP contribution in [0.15, 0.2) is 30.9 Å². The number of ether oxygens (including phenoxy) is 2. The minimum atomic E-state index is -0.976. The normalized spacial score (nSPS) is 25.4. The van der Waals surface area contributed by atoms with E-state index >= 15 is 8.78 Å². The van der Waals surface area contributed by atoms with Gasteiger partial charge in [-0.1, -0.05) is 24.6 Å². The number of nitrogen functional groups attached to an aromatic ring is 1. The van der Waals surface area contributed by atoms with E-state index in [4.69, 9.17) is 31.8 Å². The third-order valence-electron chi connectivity index (χ3n) is 11.4. The van der Waals surface area contributed by atoms with Gasteiger partial charge in [0.15, 0.2) is 5.82 Å². The van der Waals surface area contributed by atoms with Gasteiger partial charge in [0.2, 0.25) is 0 Å². The molecular weight excluding hydrogens is 745 g/mol. The molecule has 54 heavy (non-hydrogen) atoms. The average Bonchev–Trinajstić information content (AvgIpc) is 3.95. The van der Waals surface area contributed by atoms with E-state index in [-0.39, 0.29) is 80.2 Å². The van der Waals surface area contributed by atoms with E-state index in [0.717, 1.165) is 30.7 Å². The van der Waals surface area contributed by atoms with Gasteiger partial charge in [0, 0.05) is 35.8 Å². The number of hydrogen-bond donors (Lipinski definition) is 1. The summed E-state index contributed by atoms with van der Waals surface area (Å²) in [5, 5.41) is 14.5. The third-order valence-corrected chi connectivity index (χ3v) is 12.8. The molecule has 280 valence electrons. The lowest BCUT2D eigenvalue weighted by atomic mass is 9.80. The molecule has 4 saturated heterocycles. The summed E-state index contributed by atoms with van der Waals surface area (Å²) >= 11 is 7.83. The number of halogens is 4. The number of benzene rings is 2. The van der Waals surface area contributed by atoms with Gasteiger partial charge in [0.1, 0.15) is 59.3 Å². The minimum Gasteiger partial charge on any atom is -0.461 e. The molecule has 1 amide bonds. The Balaban J connectivity index is 1.15. The van der Waals surface area contributed by atoms with Crippen molar-refractivity contribution in [3.8, 4) is 23.2 Å². The number of fused-ring (bicyclic) bond motifs is 3. The van der Waals surface area contributed by atoms with Crippen molar-refractivity contribution in [1.29, 1.82) is 5.26 Å². The molecule has 18 heteroatoms. The van der Waals surface area contributed by atoms with Crippen LogP contribution in [0.1, 0.15) is 38.2 Å². The standard InChI is InChI=1S/C36H34ClF3N10O3S/c1-2-25-36(15-49(25)34(51)50-18-43-17-44-50)14-47(8-9-53-36)32-21-10-23(37)27(20-4-5-24(39)30-26(20)22(12-41)31(42)54-30)28(40)29(21)45-33(46-32)52-16-35-6-3-7-48(35)13-19(38)11-35/h4-5,10,17-19,25H,2-3,6-9,11,13-16,42H2,1H3/t19-,25?,35+,36?/m1/s1. The largest absolute Gasteiger partial charge is 0.461 e. The Bertz CT molecular complexity index is 2380. The van der Waals surface area contributed by atoms with Gasteiger partial charge >= 0.3 is 12.0 Å². The molecular formula is C36H34ClF3N10O3S. The average molecular weight is 779 g/mol. The van der Waals surface area contributed by atoms with E-state index in [0.29, 0.717) is 43.7 Å². The van der Waals surface area contributed by atoms with Gasteiger partial charge in [-0.3, -0.25) is 4.90 Å². The highest BCUT2D eigenvalue weighted by molar-refractivity contribution is 7.23. The van der Waals surface area contributed by atoms with E-state index in [9.17, 15) is 14.4 Å². The second-order valence-electron chi connectivity index (χ2n) is 14.4. The van der Waals surface area contributed by atoms with Crippen LogP contribution >= 0.6 is 22.9 Å². The molecule has 4 aliphatic heterocycles. The van der Waals surface area contributed by atoms with Crippen LogP contribution in [-0.4, -0.2) is 110 Å². The summed E-state index contributed by atoms with van der Waals surface area (Å²) < 4.78 is 60.9. The Morgan fingerprint density at radius 3 is 2.89 bits per heavy atom. The number of carbonyl (C=O) groups is 1. The molecule has 2 N–H and O–H groups in total. The minimum absolute atomic E-state index is 0.0110. The zero-order valence-corrected chi connectivity index (χ0v) is 30.6. The first-order valence-electron chi connectivity index (χ1n) is 17.7. The van der Waals surface area contributed by atoms with Crippen LogP contribution in [-0.2, 0) is 4.74 Å². The molecule has 13 nitrogen and oxygen atoms in total. The van der Waals surface area contributed by atoms with E-state index in [2.05, 4.69) is 20.0 Å². The van der Waals surface area contributed by atoms with Gasteiger partial charge in [-0.15, -0.1) is 11.3 Å². The summed E-state index contributed by atoms with van der Waals surface area (Å²) in [5.74, 6) is -1.07. The molecule has 7 heterocycles. The highest BCUT2D eigenvalue weighted by Gasteiger charge is 2.57. The number of thiophene rings is 1. The highest BCUT2D eigenvalue weighted by atomic mass is 35.5. The van der Waals surface area contributed by atoms with Crippen molar-refractivity contribution in [1.82, 2.24) is 34.5 Å². The monoisotopic (exact) mass is 778 g/mol. The van der Waals surface area contributed by atoms with Crippen LogP contribution in [0.25, 0.3) is 32.1 Å². The Labute approximate surface area is 316 Å². The molecule has 2 unspecified atom stereocenters. The van der Waals surface area contributed by atoms with E-state index in [1.807, 2.05) is 17.9 Å². The number of rotatable bonds is 6. The molecule has 1 spiro atoms. The Morgan fingerprint density at radius 1 is 1.26 bits per heavy atom. The fraction of sp³-hybridized carbons (Fsp3) is 0.444. The molecule has 0 saturated carbocycles. The van der Waals surface area contributed by atoms with Crippen molar-refractivity contribution < 1.29 is 27.4 Å². The van der Waals surface area contributed by atoms with Crippen molar-refractivity contribution in [3.05, 3.63) is 53.1 Å². The number of amides is 1. The van der Waals surface area contributed by atoms with Crippen molar-refractivity contribution in [2.45, 2.75) is 56.0 Å². The van der Waals surface area contributed by atoms with Crippen molar-refractivity contribution in [2.24, 2.45) is 0 Å². The molecule has 5 aromatic rings. The molecule has 0 bridgehead atoms. The first-order valence-corrected chi connectivity index (χ1v) is 18.9. The summed E-state index contributed by atoms with van der Waals surface area (Å²) in [5.41, 5.74) is 4.84. The van der Waals surface area contributed by atoms with Crippen molar-refractivity contribution in [3.63, 3.8) is 0 Å². The van der Waals surface area contributed by atoms with Crippen molar-refractivity contribution in [2.75, 3.05) is 56.6 Å². The van der Waals surface area contributed by atoms with Crippen molar-refractivity contribution >= 4 is 60.8 Å². The summed E-state index contributed by atoms with van der Waals surface area (Å²) in [6.07, 6.45) is 4.25. The number of nitrogens with two attached hydrogens (primary N) is 1. The number of aromatic nitrogens is 5. The molecule has 4 fully saturated rings. The molecule has 2 aromatic carbocycles. The van der Waals surface area contributed by atoms with Crippen LogP contribution in [0.2, 0.25) is 5.02 Å².